The molecule has 1 aliphatic rings. The predicted molar refractivity (Wildman–Crippen MR) is 149 cm³/mol. The molecule has 36 heavy (non-hydrogen) atoms. The third-order valence-electron chi connectivity index (χ3n) is 6.72. The number of aromatic nitrogens is 2. The lowest BCUT2D eigenvalue weighted by Crippen LogP contribution is -2.15. The lowest BCUT2D eigenvalue weighted by Gasteiger charge is -2.10. The minimum atomic E-state index is -0.177. The molecule has 3 heterocycles. The maximum absolute atomic E-state index is 13.9. The van der Waals surface area contributed by atoms with E-state index < -0.39 is 0 Å². The number of aryl methyl sites for hydroxylation is 2. The Morgan fingerprint density at radius 1 is 0.750 bits per heavy atom. The van der Waals surface area contributed by atoms with Gasteiger partial charge in [-0.2, -0.15) is 0 Å². The van der Waals surface area contributed by atoms with Crippen LogP contribution in [0.15, 0.2) is 79.0 Å². The molecule has 0 fully saturated rings. The maximum atomic E-state index is 13.9. The predicted octanol–water partition coefficient (Wildman–Crippen LogP) is 8.62. The SMILES string of the molecule is O=C(Nc1ccc(Cl)cc1)c1c(-c2ccc(Cl)cc2)c2c3n(c(-c4ccc(Cl)cc4)cn13)CCCC2. The second kappa shape index (κ2) is 9.36. The fraction of sp³-hybridized carbons (Fsp3) is 0.138. The van der Waals surface area contributed by atoms with Crippen LogP contribution < -0.4 is 5.32 Å². The number of anilines is 1. The average Bonchev–Trinajstić information content (AvgIpc) is 3.29. The van der Waals surface area contributed by atoms with Crippen molar-refractivity contribution in [1.29, 1.82) is 0 Å². The molecule has 7 heteroatoms. The summed E-state index contributed by atoms with van der Waals surface area (Å²) in [6.45, 7) is 0.879. The smallest absolute Gasteiger partial charge is 0.273 e. The van der Waals surface area contributed by atoms with Crippen LogP contribution in [-0.4, -0.2) is 14.9 Å². The first-order valence-electron chi connectivity index (χ1n) is 11.8. The zero-order valence-electron chi connectivity index (χ0n) is 19.3. The molecule has 3 aromatic carbocycles. The number of rotatable bonds is 4. The minimum Gasteiger partial charge on any atom is -0.325 e. The Hall–Kier alpha value is -3.18. The first-order chi connectivity index (χ1) is 17.5. The number of benzene rings is 3. The van der Waals surface area contributed by atoms with E-state index in [-0.39, 0.29) is 5.91 Å². The fourth-order valence-electron chi connectivity index (χ4n) is 5.11. The summed E-state index contributed by atoms with van der Waals surface area (Å²) in [5, 5.41) is 5.05. The number of halogens is 3. The summed E-state index contributed by atoms with van der Waals surface area (Å²) in [6, 6.07) is 22.7. The van der Waals surface area contributed by atoms with Gasteiger partial charge in [-0.05, 0) is 78.9 Å². The summed E-state index contributed by atoms with van der Waals surface area (Å²) in [4.78, 5) is 13.9. The molecule has 0 unspecified atom stereocenters. The summed E-state index contributed by atoms with van der Waals surface area (Å²) in [7, 11) is 0. The molecule has 0 aliphatic carbocycles. The van der Waals surface area contributed by atoms with E-state index in [9.17, 15) is 4.79 Å². The van der Waals surface area contributed by atoms with Crippen molar-refractivity contribution in [3.63, 3.8) is 0 Å². The molecule has 180 valence electrons. The van der Waals surface area contributed by atoms with Gasteiger partial charge in [-0.15, -0.1) is 0 Å². The van der Waals surface area contributed by atoms with Crippen molar-refractivity contribution < 1.29 is 4.79 Å². The number of nitrogens with one attached hydrogen (secondary N) is 1. The van der Waals surface area contributed by atoms with Crippen molar-refractivity contribution in [2.45, 2.75) is 25.8 Å². The Bertz CT molecular complexity index is 1580. The van der Waals surface area contributed by atoms with E-state index in [0.29, 0.717) is 26.4 Å². The number of amides is 1. The summed E-state index contributed by atoms with van der Waals surface area (Å²) in [5.41, 5.74) is 7.58. The van der Waals surface area contributed by atoms with Gasteiger partial charge in [-0.25, -0.2) is 0 Å². The molecule has 0 atom stereocenters. The quantitative estimate of drug-likeness (QED) is 0.246. The number of carbonyl (C=O) groups excluding carboxylic acids is 1. The summed E-state index contributed by atoms with van der Waals surface area (Å²) >= 11 is 18.4. The van der Waals surface area contributed by atoms with Crippen LogP contribution >= 0.6 is 34.8 Å². The molecule has 4 nitrogen and oxygen atoms in total. The monoisotopic (exact) mass is 533 g/mol. The van der Waals surface area contributed by atoms with E-state index in [0.717, 1.165) is 53.8 Å². The van der Waals surface area contributed by atoms with Crippen molar-refractivity contribution >= 4 is 52.0 Å². The Labute approximate surface area is 224 Å². The van der Waals surface area contributed by atoms with Crippen LogP contribution in [0.25, 0.3) is 28.0 Å². The molecule has 6 rings (SSSR count). The number of nitrogens with zero attached hydrogens (tertiary/aromatic N) is 2. The van der Waals surface area contributed by atoms with Crippen molar-refractivity contribution in [3.05, 3.63) is 105 Å². The zero-order chi connectivity index (χ0) is 24.8. The lowest BCUT2D eigenvalue weighted by atomic mass is 9.97. The Balaban J connectivity index is 1.60. The highest BCUT2D eigenvalue weighted by atomic mass is 35.5. The molecular formula is C29H22Cl3N3O. The Kier molecular flexibility index (Phi) is 6.04. The van der Waals surface area contributed by atoms with Gasteiger partial charge in [0.1, 0.15) is 11.3 Å². The van der Waals surface area contributed by atoms with Crippen LogP contribution in [-0.2, 0) is 13.0 Å². The molecule has 2 aromatic heterocycles. The maximum Gasteiger partial charge on any atom is 0.273 e. The third-order valence-corrected chi connectivity index (χ3v) is 7.48. The summed E-state index contributed by atoms with van der Waals surface area (Å²) in [5.74, 6) is -0.177. The largest absolute Gasteiger partial charge is 0.325 e. The Morgan fingerprint density at radius 3 is 1.97 bits per heavy atom. The third kappa shape index (κ3) is 4.09. The van der Waals surface area contributed by atoms with Crippen LogP contribution in [0.1, 0.15) is 28.9 Å². The van der Waals surface area contributed by atoms with Crippen LogP contribution in [0.4, 0.5) is 5.69 Å². The van der Waals surface area contributed by atoms with Crippen molar-refractivity contribution in [2.75, 3.05) is 5.32 Å². The zero-order valence-corrected chi connectivity index (χ0v) is 21.5. The lowest BCUT2D eigenvalue weighted by molar-refractivity contribution is 0.102. The van der Waals surface area contributed by atoms with Crippen molar-refractivity contribution in [3.8, 4) is 22.4 Å². The molecule has 0 saturated heterocycles. The summed E-state index contributed by atoms with van der Waals surface area (Å²) < 4.78 is 4.39. The van der Waals surface area contributed by atoms with E-state index in [1.807, 2.05) is 48.5 Å². The molecule has 0 radical (unpaired) electrons. The highest BCUT2D eigenvalue weighted by Gasteiger charge is 2.29. The van der Waals surface area contributed by atoms with Crippen LogP contribution in [0.5, 0.6) is 0 Å². The highest BCUT2D eigenvalue weighted by molar-refractivity contribution is 6.31. The molecular weight excluding hydrogens is 513 g/mol. The number of hydrogen-bond acceptors (Lipinski definition) is 1. The molecule has 1 amide bonds. The molecule has 0 spiro atoms. The van der Waals surface area contributed by atoms with Gasteiger partial charge in [0.05, 0.1) is 5.69 Å². The van der Waals surface area contributed by atoms with Crippen molar-refractivity contribution in [2.24, 2.45) is 0 Å². The van der Waals surface area contributed by atoms with E-state index in [1.54, 1.807) is 24.3 Å². The molecule has 0 bridgehead atoms. The molecule has 5 aromatic rings. The Morgan fingerprint density at radius 2 is 1.33 bits per heavy atom. The van der Waals surface area contributed by atoms with Crippen LogP contribution in [0.2, 0.25) is 15.1 Å². The second-order valence-corrected chi connectivity index (χ2v) is 10.3. The highest BCUT2D eigenvalue weighted by Crippen LogP contribution is 2.40. The summed E-state index contributed by atoms with van der Waals surface area (Å²) in [6.07, 6.45) is 5.07. The average molecular weight is 535 g/mol. The van der Waals surface area contributed by atoms with E-state index in [2.05, 4.69) is 20.5 Å². The number of carbonyl (C=O) groups is 1. The number of hydrogen-bond donors (Lipinski definition) is 1. The van der Waals surface area contributed by atoms with Gasteiger partial charge in [-0.3, -0.25) is 9.20 Å². The van der Waals surface area contributed by atoms with Gasteiger partial charge in [0.25, 0.3) is 5.91 Å². The molecule has 1 N–H and O–H groups in total. The van der Waals surface area contributed by atoms with Gasteiger partial charge >= 0.3 is 0 Å². The van der Waals surface area contributed by atoms with E-state index in [1.165, 1.54) is 5.56 Å². The topological polar surface area (TPSA) is 38.4 Å². The van der Waals surface area contributed by atoms with Gasteiger partial charge in [0.2, 0.25) is 0 Å². The van der Waals surface area contributed by atoms with E-state index >= 15 is 0 Å². The molecule has 0 saturated carbocycles. The normalized spacial score (nSPS) is 13.1. The van der Waals surface area contributed by atoms with Gasteiger partial charge in [-0.1, -0.05) is 59.1 Å². The van der Waals surface area contributed by atoms with Gasteiger partial charge in [0.15, 0.2) is 0 Å². The van der Waals surface area contributed by atoms with E-state index in [4.69, 9.17) is 34.8 Å². The second-order valence-electron chi connectivity index (χ2n) is 8.99. The van der Waals surface area contributed by atoms with Crippen molar-refractivity contribution in [1.82, 2.24) is 8.97 Å². The first kappa shape index (κ1) is 23.2. The fourth-order valence-corrected chi connectivity index (χ4v) is 5.49. The van der Waals surface area contributed by atoms with Crippen LogP contribution in [0.3, 0.4) is 0 Å². The standard InChI is InChI=1S/C29H22Cl3N3O/c30-20-8-4-18(5-9-20)25-17-35-27(28(36)33-23-14-12-22(32)13-15-23)26(19-6-10-21(31)11-7-19)24-3-1-2-16-34(25)29(24)35/h4-15,17H,1-3,16H2,(H,33,36). The van der Waals surface area contributed by atoms with Crippen LogP contribution in [0, 0.1) is 0 Å². The minimum absolute atomic E-state index is 0.177. The van der Waals surface area contributed by atoms with Gasteiger partial charge < -0.3 is 9.88 Å². The number of imidazole rings is 1. The first-order valence-corrected chi connectivity index (χ1v) is 13.0. The molecule has 1 aliphatic heterocycles. The van der Waals surface area contributed by atoms with Gasteiger partial charge in [0, 0.05) is 44.6 Å².